The van der Waals surface area contributed by atoms with E-state index in [1.165, 1.54) is 0 Å². The van der Waals surface area contributed by atoms with Crippen LogP contribution in [-0.2, 0) is 14.4 Å². The van der Waals surface area contributed by atoms with E-state index in [-0.39, 0.29) is 11.8 Å². The Bertz CT molecular complexity index is 327. The van der Waals surface area contributed by atoms with Gasteiger partial charge in [0, 0.05) is 18.4 Å². The maximum atomic E-state index is 9.82. The molecule has 0 atom stereocenters. The molecule has 0 radical (unpaired) electrons. The van der Waals surface area contributed by atoms with Crippen molar-refractivity contribution in [3.8, 4) is 0 Å². The molecule has 0 aliphatic heterocycles. The molecule has 0 saturated heterocycles. The molecular weight excluding hydrogens is 278 g/mol. The highest BCUT2D eigenvalue weighted by atomic mass is 16.2. The number of hydrogen-bond donors (Lipinski definition) is 5. The summed E-state index contributed by atoms with van der Waals surface area (Å²) in [5.74, 6) is -0.891. The van der Waals surface area contributed by atoms with E-state index in [9.17, 15) is 14.4 Å². The number of carbonyl (C=O) groups is 4. The summed E-state index contributed by atoms with van der Waals surface area (Å²) >= 11 is 0. The van der Waals surface area contributed by atoms with Crippen LogP contribution in [0.2, 0.25) is 0 Å². The van der Waals surface area contributed by atoms with Crippen molar-refractivity contribution in [2.75, 3.05) is 0 Å². The van der Waals surface area contributed by atoms with Gasteiger partial charge < -0.3 is 28.7 Å². The maximum absolute atomic E-state index is 9.82. The number of rotatable bonds is 4. The lowest BCUT2D eigenvalue weighted by Crippen LogP contribution is -2.18. The van der Waals surface area contributed by atoms with Gasteiger partial charge in [0.1, 0.15) is 0 Å². The highest BCUT2D eigenvalue weighted by Crippen LogP contribution is 1.80. The first kappa shape index (κ1) is 26.9. The van der Waals surface area contributed by atoms with E-state index in [0.29, 0.717) is 18.4 Å². The van der Waals surface area contributed by atoms with Crippen LogP contribution in [0.15, 0.2) is 12.2 Å². The molecule has 5 amide bonds. The quantitative estimate of drug-likeness (QED) is 0.425. The lowest BCUT2D eigenvalue weighted by atomic mass is 10.3. The van der Waals surface area contributed by atoms with Crippen LogP contribution in [0.5, 0.6) is 0 Å². The number of carbonyl (C=O) groups excluding carboxylic acids is 4. The lowest BCUT2D eigenvalue weighted by Gasteiger charge is -1.81. The Morgan fingerprint density at radius 2 is 1.10 bits per heavy atom. The molecule has 0 fully saturated rings. The Morgan fingerprint density at radius 3 is 1.10 bits per heavy atom. The molecule has 0 aromatic carbocycles. The smallest absolute Gasteiger partial charge is 0.309 e. The molecule has 21 heavy (non-hydrogen) atoms. The Kier molecular flexibility index (Phi) is 25.3. The molecule has 0 spiro atoms. The summed E-state index contributed by atoms with van der Waals surface area (Å²) < 4.78 is 0. The van der Waals surface area contributed by atoms with Gasteiger partial charge in [-0.05, 0) is 13.3 Å². The summed E-state index contributed by atoms with van der Waals surface area (Å²) in [7, 11) is 0. The van der Waals surface area contributed by atoms with E-state index >= 15 is 0 Å². The van der Waals surface area contributed by atoms with E-state index in [2.05, 4.69) is 23.8 Å². The molecular formula is C12H27N5O4. The van der Waals surface area contributed by atoms with Gasteiger partial charge in [-0.1, -0.05) is 20.4 Å². The van der Waals surface area contributed by atoms with Gasteiger partial charge in [0.05, 0.1) is 0 Å². The molecule has 0 saturated carbocycles. The van der Waals surface area contributed by atoms with Crippen molar-refractivity contribution < 1.29 is 19.2 Å². The molecule has 9 nitrogen and oxygen atoms in total. The largest absolute Gasteiger partial charge is 0.370 e. The Balaban J connectivity index is -0.0000000929. The number of primary amides is 5. The van der Waals surface area contributed by atoms with Crippen LogP contribution >= 0.6 is 0 Å². The molecule has 0 heterocycles. The number of urea groups is 1. The maximum Gasteiger partial charge on any atom is 0.309 e. The summed E-state index contributed by atoms with van der Waals surface area (Å²) in [6.45, 7) is 8.50. The van der Waals surface area contributed by atoms with Gasteiger partial charge in [-0.2, -0.15) is 0 Å². The van der Waals surface area contributed by atoms with Crippen LogP contribution in [0.1, 0.15) is 40.0 Å². The van der Waals surface area contributed by atoms with Gasteiger partial charge in [0.2, 0.25) is 17.7 Å². The fourth-order valence-electron chi connectivity index (χ4n) is 0.246. The fraction of sp³-hybridized carbons (Fsp3) is 0.500. The molecule has 0 aromatic heterocycles. The minimum absolute atomic E-state index is 0.211. The van der Waals surface area contributed by atoms with E-state index < -0.39 is 11.9 Å². The highest BCUT2D eigenvalue weighted by Gasteiger charge is 1.86. The van der Waals surface area contributed by atoms with Crippen LogP contribution in [-0.4, -0.2) is 23.8 Å². The first-order valence-corrected chi connectivity index (χ1v) is 5.98. The van der Waals surface area contributed by atoms with Gasteiger partial charge in [-0.3, -0.25) is 14.4 Å². The average Bonchev–Trinajstić information content (AvgIpc) is 2.29. The predicted octanol–water partition coefficient (Wildman–Crippen LogP) is -0.775. The highest BCUT2D eigenvalue weighted by molar-refractivity contribution is 5.90. The third-order valence-corrected chi connectivity index (χ3v) is 1.27. The summed E-state index contributed by atoms with van der Waals surface area (Å²) in [5, 5.41) is 0. The van der Waals surface area contributed by atoms with Crippen LogP contribution in [0, 0.1) is 0 Å². The molecule has 0 aliphatic rings. The summed E-state index contributed by atoms with van der Waals surface area (Å²) in [6.07, 6.45) is 1.81. The van der Waals surface area contributed by atoms with Crippen LogP contribution in [0.4, 0.5) is 4.79 Å². The second kappa shape index (κ2) is 19.8. The van der Waals surface area contributed by atoms with Crippen LogP contribution < -0.4 is 28.7 Å². The average molecular weight is 305 g/mol. The van der Waals surface area contributed by atoms with E-state index in [0.717, 1.165) is 6.42 Å². The molecule has 0 aromatic rings. The van der Waals surface area contributed by atoms with Gasteiger partial charge >= 0.3 is 6.03 Å². The molecule has 0 unspecified atom stereocenters. The van der Waals surface area contributed by atoms with Gasteiger partial charge in [0.15, 0.2) is 0 Å². The molecule has 124 valence electrons. The van der Waals surface area contributed by atoms with Gasteiger partial charge in [-0.15, -0.1) is 0 Å². The first-order chi connectivity index (χ1) is 9.41. The fourth-order valence-corrected chi connectivity index (χ4v) is 0.246. The Labute approximate surface area is 124 Å². The van der Waals surface area contributed by atoms with Crippen LogP contribution in [0.3, 0.4) is 0 Å². The van der Waals surface area contributed by atoms with Crippen LogP contribution in [0.25, 0.3) is 0 Å². The number of nitrogens with two attached hydrogens (primary N) is 5. The van der Waals surface area contributed by atoms with Crippen molar-refractivity contribution in [2.24, 2.45) is 28.7 Å². The number of hydrogen-bond acceptors (Lipinski definition) is 4. The van der Waals surface area contributed by atoms with E-state index in [1.807, 2.05) is 6.92 Å². The number of amides is 5. The molecule has 9 heteroatoms. The zero-order chi connectivity index (χ0) is 18.0. The third-order valence-electron chi connectivity index (χ3n) is 1.27. The van der Waals surface area contributed by atoms with Gasteiger partial charge in [-0.25, -0.2) is 4.79 Å². The first-order valence-electron chi connectivity index (χ1n) is 5.98. The Morgan fingerprint density at radius 1 is 0.857 bits per heavy atom. The molecule has 0 rings (SSSR count). The lowest BCUT2D eigenvalue weighted by molar-refractivity contribution is -0.118. The summed E-state index contributed by atoms with van der Waals surface area (Å²) in [5.41, 5.74) is 23.0. The second-order valence-electron chi connectivity index (χ2n) is 3.58. The zero-order valence-electron chi connectivity index (χ0n) is 12.8. The normalized spacial score (nSPS) is 7.38. The summed E-state index contributed by atoms with van der Waals surface area (Å²) in [4.78, 5) is 38.2. The minimum atomic E-state index is -0.833. The standard InChI is InChI=1S/C4H7NO.C4H9NO.C3H7NO.CH4N2O/c1-3(2)4(5)6;1-2-3-4(5)6;1-2-3(4)5;2-1(3)4/h1H2,2H3,(H2,5,6);2-3H2,1H3,(H2,5,6);2H2,1H3,(H2,4,5);(H4,2,3,4). The predicted molar refractivity (Wildman–Crippen MR) is 81.4 cm³/mol. The third kappa shape index (κ3) is 100. The van der Waals surface area contributed by atoms with Crippen molar-refractivity contribution in [3.63, 3.8) is 0 Å². The van der Waals surface area contributed by atoms with Crippen molar-refractivity contribution in [3.05, 3.63) is 12.2 Å². The van der Waals surface area contributed by atoms with Crippen molar-refractivity contribution >= 4 is 23.8 Å². The topological polar surface area (TPSA) is 198 Å². The van der Waals surface area contributed by atoms with E-state index in [1.54, 1.807) is 13.8 Å². The molecule has 10 N–H and O–H groups in total. The SMILES string of the molecule is C=C(C)C(N)=O.CCC(N)=O.CCCC(N)=O.NC(N)=O. The molecule has 0 aliphatic carbocycles. The van der Waals surface area contributed by atoms with Crippen molar-refractivity contribution in [2.45, 2.75) is 40.0 Å². The van der Waals surface area contributed by atoms with Gasteiger partial charge in [0.25, 0.3) is 0 Å². The van der Waals surface area contributed by atoms with Crippen molar-refractivity contribution in [1.82, 2.24) is 0 Å². The summed E-state index contributed by atoms with van der Waals surface area (Å²) in [6, 6.07) is -0.833. The zero-order valence-corrected chi connectivity index (χ0v) is 12.8. The minimum Gasteiger partial charge on any atom is -0.370 e. The molecule has 0 bridgehead atoms. The van der Waals surface area contributed by atoms with Crippen molar-refractivity contribution in [1.29, 1.82) is 0 Å². The monoisotopic (exact) mass is 305 g/mol. The van der Waals surface area contributed by atoms with E-state index in [4.69, 9.17) is 16.3 Å². The Hall–Kier alpha value is -2.58. The second-order valence-corrected chi connectivity index (χ2v) is 3.58.